The normalized spacial score (nSPS) is 14.6. The highest BCUT2D eigenvalue weighted by atomic mass is 32.2. The molecule has 2 aromatic carbocycles. The second-order valence-corrected chi connectivity index (χ2v) is 9.79. The molecule has 34 heavy (non-hydrogen) atoms. The number of benzene rings is 2. The van der Waals surface area contributed by atoms with Crippen LogP contribution >= 0.6 is 0 Å². The van der Waals surface area contributed by atoms with Crippen molar-refractivity contribution < 1.29 is 26.4 Å². The van der Waals surface area contributed by atoms with E-state index in [1.54, 1.807) is 6.07 Å². The Balaban J connectivity index is 1.71. The fraction of sp³-hybridized carbons (Fsp3) is 0.208. The smallest absolute Gasteiger partial charge is 0.319 e. The number of hydrogen-bond acceptors (Lipinski definition) is 4. The van der Waals surface area contributed by atoms with E-state index in [1.807, 2.05) is 12.1 Å². The lowest BCUT2D eigenvalue weighted by Gasteiger charge is -2.17. The zero-order chi connectivity index (χ0) is 25.0. The van der Waals surface area contributed by atoms with Gasteiger partial charge in [0.25, 0.3) is 0 Å². The van der Waals surface area contributed by atoms with Crippen LogP contribution in [-0.4, -0.2) is 20.5 Å². The molecule has 0 fully saturated rings. The number of allylic oxidation sites excluding steroid dienone is 2. The van der Waals surface area contributed by atoms with Crippen molar-refractivity contribution in [2.45, 2.75) is 36.7 Å². The molecule has 0 bridgehead atoms. The highest BCUT2D eigenvalue weighted by molar-refractivity contribution is 7.90. The van der Waals surface area contributed by atoms with Crippen molar-refractivity contribution in [1.82, 2.24) is 10.6 Å². The van der Waals surface area contributed by atoms with Crippen molar-refractivity contribution in [3.8, 4) is 0 Å². The lowest BCUT2D eigenvalue weighted by atomic mass is 10.1. The number of anilines is 1. The van der Waals surface area contributed by atoms with E-state index in [4.69, 9.17) is 0 Å². The van der Waals surface area contributed by atoms with Gasteiger partial charge in [0, 0.05) is 18.7 Å². The summed E-state index contributed by atoms with van der Waals surface area (Å²) in [6, 6.07) is 6.42. The van der Waals surface area contributed by atoms with Gasteiger partial charge in [0.15, 0.2) is 9.84 Å². The van der Waals surface area contributed by atoms with Crippen LogP contribution in [0.5, 0.6) is 0 Å². The van der Waals surface area contributed by atoms with Crippen LogP contribution in [0.4, 0.5) is 23.7 Å². The zero-order valence-corrected chi connectivity index (χ0v) is 19.2. The predicted octanol–water partition coefficient (Wildman–Crippen LogP) is 4.81. The number of urea groups is 1. The van der Waals surface area contributed by atoms with Gasteiger partial charge in [-0.25, -0.2) is 26.4 Å². The molecule has 1 unspecified atom stereocenters. The van der Waals surface area contributed by atoms with Gasteiger partial charge in [-0.05, 0) is 47.9 Å². The van der Waals surface area contributed by atoms with Gasteiger partial charge >= 0.3 is 6.03 Å². The van der Waals surface area contributed by atoms with Gasteiger partial charge in [0.2, 0.25) is 0 Å². The average molecular weight is 492 g/mol. The molecule has 2 aromatic rings. The van der Waals surface area contributed by atoms with E-state index in [-0.39, 0.29) is 16.3 Å². The first-order chi connectivity index (χ1) is 16.0. The molecule has 1 atom stereocenters. The van der Waals surface area contributed by atoms with Gasteiger partial charge in [0.05, 0.1) is 22.4 Å². The number of halogens is 3. The lowest BCUT2D eigenvalue weighted by molar-refractivity contribution is 0.250. The molecule has 0 saturated heterocycles. The van der Waals surface area contributed by atoms with E-state index in [2.05, 4.69) is 29.1 Å². The Labute approximate surface area is 196 Å². The van der Waals surface area contributed by atoms with E-state index < -0.39 is 45.0 Å². The van der Waals surface area contributed by atoms with Gasteiger partial charge in [0.1, 0.15) is 17.5 Å². The minimum atomic E-state index is -3.85. The fourth-order valence-corrected chi connectivity index (χ4v) is 4.98. The Morgan fingerprint density at radius 2 is 1.88 bits per heavy atom. The Bertz CT molecular complexity index is 1290. The summed E-state index contributed by atoms with van der Waals surface area (Å²) in [4.78, 5) is 12.0. The van der Waals surface area contributed by atoms with Gasteiger partial charge in [-0.1, -0.05) is 31.4 Å². The molecule has 0 spiro atoms. The molecule has 0 aliphatic carbocycles. The highest BCUT2D eigenvalue weighted by Crippen LogP contribution is 2.25. The van der Waals surface area contributed by atoms with E-state index in [0.717, 1.165) is 35.9 Å². The monoisotopic (exact) mass is 491 g/mol. The minimum absolute atomic E-state index is 0.241. The van der Waals surface area contributed by atoms with Gasteiger partial charge in [-0.3, -0.25) is 0 Å². The Morgan fingerprint density at radius 3 is 2.53 bits per heavy atom. The second-order valence-electron chi connectivity index (χ2n) is 7.80. The Kier molecular flexibility index (Phi) is 7.63. The number of rotatable bonds is 8. The maximum absolute atomic E-state index is 14.6. The quantitative estimate of drug-likeness (QED) is 0.463. The van der Waals surface area contributed by atoms with Crippen molar-refractivity contribution in [2.24, 2.45) is 0 Å². The van der Waals surface area contributed by atoms with Gasteiger partial charge in [-0.15, -0.1) is 0 Å². The number of carbonyl (C=O) groups is 1. The van der Waals surface area contributed by atoms with Crippen molar-refractivity contribution in [1.29, 1.82) is 0 Å². The summed E-state index contributed by atoms with van der Waals surface area (Å²) < 4.78 is 67.5. The third kappa shape index (κ3) is 5.75. The van der Waals surface area contributed by atoms with E-state index >= 15 is 0 Å². The molecule has 180 valence electrons. The predicted molar refractivity (Wildman–Crippen MR) is 124 cm³/mol. The summed E-state index contributed by atoms with van der Waals surface area (Å²) in [5, 5.41) is 7.65. The molecule has 1 aliphatic rings. The lowest BCUT2D eigenvalue weighted by Crippen LogP contribution is -2.37. The largest absolute Gasteiger partial charge is 0.331 e. The molecule has 0 aromatic heterocycles. The SMILES string of the molecule is C=C/C(F)=C(\C(=C)F)C(C)NC(=O)Nc1ccc(S(=O)(=O)Cc2ccc3c(c2)CNC3)cc1F. The van der Waals surface area contributed by atoms with Gasteiger partial charge in [-0.2, -0.15) is 0 Å². The molecule has 3 rings (SSSR count). The van der Waals surface area contributed by atoms with Crippen LogP contribution in [0.15, 0.2) is 77.8 Å². The summed E-state index contributed by atoms with van der Waals surface area (Å²) in [5.41, 5.74) is 1.92. The third-order valence-corrected chi connectivity index (χ3v) is 7.00. The van der Waals surface area contributed by atoms with Crippen LogP contribution in [0, 0.1) is 5.82 Å². The van der Waals surface area contributed by atoms with Gasteiger partial charge < -0.3 is 16.0 Å². The summed E-state index contributed by atoms with van der Waals surface area (Å²) in [6.07, 6.45) is 0.772. The summed E-state index contributed by atoms with van der Waals surface area (Å²) in [7, 11) is -3.85. The van der Waals surface area contributed by atoms with Crippen LogP contribution < -0.4 is 16.0 Å². The molecule has 0 saturated carbocycles. The summed E-state index contributed by atoms with van der Waals surface area (Å²) in [6.45, 7) is 8.94. The molecule has 1 aliphatic heterocycles. The third-order valence-electron chi connectivity index (χ3n) is 5.32. The highest BCUT2D eigenvalue weighted by Gasteiger charge is 2.22. The molecular formula is C24H24F3N3O3S. The maximum Gasteiger partial charge on any atom is 0.319 e. The van der Waals surface area contributed by atoms with Crippen molar-refractivity contribution >= 4 is 21.6 Å². The molecule has 0 radical (unpaired) electrons. The standard InChI is InChI=1S/C24H24F3N3O3S/c1-4-20(26)23(14(2)25)15(3)29-24(31)30-22-8-7-19(10-21(22)27)34(32,33)13-16-5-6-17-11-28-12-18(17)9-16/h4-10,15,28H,1-2,11-13H2,3H3,(H2,29,30,31)/b23-20-. The van der Waals surface area contributed by atoms with E-state index in [9.17, 15) is 26.4 Å². The van der Waals surface area contributed by atoms with Crippen LogP contribution in [-0.2, 0) is 28.7 Å². The fourth-order valence-electron chi connectivity index (χ4n) is 3.64. The van der Waals surface area contributed by atoms with Crippen LogP contribution in [0.25, 0.3) is 0 Å². The molecule has 10 heteroatoms. The topological polar surface area (TPSA) is 87.3 Å². The first-order valence-corrected chi connectivity index (χ1v) is 11.9. The molecule has 1 heterocycles. The van der Waals surface area contributed by atoms with Crippen molar-refractivity contribution in [3.05, 3.63) is 95.4 Å². The van der Waals surface area contributed by atoms with E-state index in [0.29, 0.717) is 12.1 Å². The van der Waals surface area contributed by atoms with E-state index in [1.165, 1.54) is 13.0 Å². The number of amides is 2. The Hall–Kier alpha value is -3.37. The number of carbonyl (C=O) groups excluding carboxylic acids is 1. The molecule has 3 N–H and O–H groups in total. The molecule has 6 nitrogen and oxygen atoms in total. The summed E-state index contributed by atoms with van der Waals surface area (Å²) >= 11 is 0. The summed E-state index contributed by atoms with van der Waals surface area (Å²) in [5.74, 6) is -3.38. The first kappa shape index (κ1) is 25.3. The zero-order valence-electron chi connectivity index (χ0n) is 18.4. The number of fused-ring (bicyclic) bond motifs is 1. The molecule has 2 amide bonds. The maximum atomic E-state index is 14.6. The number of sulfone groups is 1. The van der Waals surface area contributed by atoms with Crippen LogP contribution in [0.3, 0.4) is 0 Å². The van der Waals surface area contributed by atoms with Crippen molar-refractivity contribution in [3.63, 3.8) is 0 Å². The Morgan fingerprint density at radius 1 is 1.18 bits per heavy atom. The molecular weight excluding hydrogens is 467 g/mol. The second kappa shape index (κ2) is 10.3. The van der Waals surface area contributed by atoms with Crippen LogP contribution in [0.2, 0.25) is 0 Å². The number of hydrogen-bond donors (Lipinski definition) is 3. The first-order valence-electron chi connectivity index (χ1n) is 10.3. The average Bonchev–Trinajstić information content (AvgIpc) is 3.22. The van der Waals surface area contributed by atoms with Crippen molar-refractivity contribution in [2.75, 3.05) is 5.32 Å². The van der Waals surface area contributed by atoms with Crippen LogP contribution in [0.1, 0.15) is 23.6 Å². The minimum Gasteiger partial charge on any atom is -0.331 e. The number of nitrogens with one attached hydrogen (secondary N) is 3.